The summed E-state index contributed by atoms with van der Waals surface area (Å²) in [7, 11) is 1.40. The van der Waals surface area contributed by atoms with E-state index in [-0.39, 0.29) is 5.97 Å². The molecule has 0 spiro atoms. The molecule has 1 aliphatic heterocycles. The summed E-state index contributed by atoms with van der Waals surface area (Å²) in [4.78, 5) is 14.2. The van der Waals surface area contributed by atoms with Gasteiger partial charge in [0.05, 0.1) is 12.7 Å². The van der Waals surface area contributed by atoms with Crippen molar-refractivity contribution >= 4 is 22.8 Å². The van der Waals surface area contributed by atoms with E-state index in [1.165, 1.54) is 18.9 Å². The minimum absolute atomic E-state index is 0.326. The average molecular weight is 445 g/mol. The molecule has 0 amide bonds. The van der Waals surface area contributed by atoms with E-state index in [0.29, 0.717) is 18.2 Å². The molecule has 1 heterocycles. The number of nitrogens with one attached hydrogen (secondary N) is 1. The number of likely N-dealkylation sites (tertiary alicyclic amines) is 1. The summed E-state index contributed by atoms with van der Waals surface area (Å²) in [5, 5.41) is 6.00. The van der Waals surface area contributed by atoms with E-state index < -0.39 is 0 Å². The summed E-state index contributed by atoms with van der Waals surface area (Å²) in [5.41, 5.74) is 2.73. The second kappa shape index (κ2) is 11.1. The smallest absolute Gasteiger partial charge is 0.337 e. The van der Waals surface area contributed by atoms with Crippen LogP contribution in [0, 0.1) is 0 Å². The predicted octanol–water partition coefficient (Wildman–Crippen LogP) is 4.77. The van der Waals surface area contributed by atoms with Crippen molar-refractivity contribution in [3.63, 3.8) is 0 Å². The first-order valence-corrected chi connectivity index (χ1v) is 11.6. The molecule has 172 valence electrons. The molecular formula is C28H32N2O3. The summed E-state index contributed by atoms with van der Waals surface area (Å²) in [6.07, 6.45) is 3.31. The van der Waals surface area contributed by atoms with Crippen LogP contribution in [0.1, 0.15) is 29.3 Å². The summed E-state index contributed by atoms with van der Waals surface area (Å²) < 4.78 is 11.1. The number of likely N-dealkylation sites (N-methyl/N-ethyl adjacent to an activating group) is 1. The van der Waals surface area contributed by atoms with E-state index >= 15 is 0 Å². The first kappa shape index (κ1) is 23.0. The quantitative estimate of drug-likeness (QED) is 0.482. The molecule has 1 atom stereocenters. The van der Waals surface area contributed by atoms with Gasteiger partial charge in [-0.05, 0) is 54.2 Å². The number of fused-ring (bicyclic) bond motifs is 1. The predicted molar refractivity (Wildman–Crippen MR) is 134 cm³/mol. The topological polar surface area (TPSA) is 50.8 Å². The Bertz CT molecular complexity index is 1100. The lowest BCUT2D eigenvalue weighted by molar-refractivity contribution is 0.0600. The zero-order valence-corrected chi connectivity index (χ0v) is 19.4. The van der Waals surface area contributed by atoms with Crippen molar-refractivity contribution in [1.82, 2.24) is 10.2 Å². The van der Waals surface area contributed by atoms with Gasteiger partial charge in [-0.3, -0.25) is 0 Å². The van der Waals surface area contributed by atoms with Crippen molar-refractivity contribution in [2.75, 3.05) is 39.9 Å². The fraction of sp³-hybridized carbons (Fsp3) is 0.321. The molecule has 3 aromatic rings. The number of esters is 1. The molecule has 33 heavy (non-hydrogen) atoms. The average Bonchev–Trinajstić information content (AvgIpc) is 3.33. The van der Waals surface area contributed by atoms with Crippen molar-refractivity contribution in [2.45, 2.75) is 19.4 Å². The van der Waals surface area contributed by atoms with Crippen molar-refractivity contribution in [3.05, 3.63) is 83.4 Å². The molecule has 4 rings (SSSR count). The number of benzene rings is 3. The molecule has 0 aromatic heterocycles. The molecule has 0 aliphatic carbocycles. The third-order valence-electron chi connectivity index (χ3n) is 6.20. The number of methoxy groups -OCH3 is 1. The van der Waals surface area contributed by atoms with E-state index in [2.05, 4.69) is 41.4 Å². The number of ether oxygens (including phenoxy) is 2. The Labute approximate surface area is 196 Å². The lowest BCUT2D eigenvalue weighted by Gasteiger charge is -2.17. The monoisotopic (exact) mass is 444 g/mol. The molecule has 0 bridgehead atoms. The maximum Gasteiger partial charge on any atom is 0.337 e. The van der Waals surface area contributed by atoms with Gasteiger partial charge in [0.1, 0.15) is 12.4 Å². The van der Waals surface area contributed by atoms with Gasteiger partial charge in [0.25, 0.3) is 0 Å². The van der Waals surface area contributed by atoms with E-state index in [1.54, 1.807) is 12.1 Å². The molecular weight excluding hydrogens is 412 g/mol. The van der Waals surface area contributed by atoms with Gasteiger partial charge in [-0.2, -0.15) is 0 Å². The van der Waals surface area contributed by atoms with Crippen LogP contribution in [0.2, 0.25) is 0 Å². The summed E-state index contributed by atoms with van der Waals surface area (Å²) in [6.45, 7) is 6.79. The Morgan fingerprint density at radius 3 is 2.64 bits per heavy atom. The number of hydrogen-bond acceptors (Lipinski definition) is 5. The molecule has 0 radical (unpaired) electrons. The van der Waals surface area contributed by atoms with Gasteiger partial charge in [0.2, 0.25) is 0 Å². The Morgan fingerprint density at radius 2 is 1.88 bits per heavy atom. The van der Waals surface area contributed by atoms with Crippen LogP contribution in [0.3, 0.4) is 0 Å². The van der Waals surface area contributed by atoms with Gasteiger partial charge in [-0.25, -0.2) is 4.79 Å². The first-order valence-electron chi connectivity index (χ1n) is 11.6. The van der Waals surface area contributed by atoms with Gasteiger partial charge in [-0.1, -0.05) is 61.5 Å². The largest absolute Gasteiger partial charge is 0.489 e. The minimum Gasteiger partial charge on any atom is -0.489 e. The summed E-state index contributed by atoms with van der Waals surface area (Å²) in [5.74, 6) is 0.562. The SMILES string of the molecule is CCN1CCC(NC/C(=C/c2ccc(C(=O)OC)cc2)COc2cccc3ccccc23)C1. The van der Waals surface area contributed by atoms with Crippen LogP contribution < -0.4 is 10.1 Å². The van der Waals surface area contributed by atoms with Crippen LogP contribution >= 0.6 is 0 Å². The Balaban J connectivity index is 1.50. The first-order chi connectivity index (χ1) is 16.2. The van der Waals surface area contributed by atoms with E-state index in [0.717, 1.165) is 48.5 Å². The fourth-order valence-corrected chi connectivity index (χ4v) is 4.27. The van der Waals surface area contributed by atoms with Crippen LogP contribution in [-0.2, 0) is 4.74 Å². The van der Waals surface area contributed by atoms with Gasteiger partial charge in [0, 0.05) is 24.5 Å². The van der Waals surface area contributed by atoms with Gasteiger partial charge in [-0.15, -0.1) is 0 Å². The second-order valence-electron chi connectivity index (χ2n) is 8.44. The van der Waals surface area contributed by atoms with Crippen LogP contribution in [-0.4, -0.2) is 56.8 Å². The lowest BCUT2D eigenvalue weighted by Crippen LogP contribution is -2.34. The molecule has 3 aromatic carbocycles. The number of nitrogens with zero attached hydrogens (tertiary/aromatic N) is 1. The van der Waals surface area contributed by atoms with Crippen molar-refractivity contribution < 1.29 is 14.3 Å². The van der Waals surface area contributed by atoms with Crippen LogP contribution in [0.4, 0.5) is 0 Å². The van der Waals surface area contributed by atoms with Crippen molar-refractivity contribution in [2.24, 2.45) is 0 Å². The van der Waals surface area contributed by atoms with Gasteiger partial charge >= 0.3 is 5.97 Å². The third kappa shape index (κ3) is 6.01. The Kier molecular flexibility index (Phi) is 7.76. The Morgan fingerprint density at radius 1 is 1.09 bits per heavy atom. The number of carbonyl (C=O) groups is 1. The van der Waals surface area contributed by atoms with Crippen LogP contribution in [0.5, 0.6) is 5.75 Å². The number of rotatable bonds is 9. The van der Waals surface area contributed by atoms with E-state index in [1.807, 2.05) is 36.4 Å². The fourth-order valence-electron chi connectivity index (χ4n) is 4.27. The molecule has 1 N–H and O–H groups in total. The highest BCUT2D eigenvalue weighted by molar-refractivity contribution is 5.89. The minimum atomic E-state index is -0.326. The molecule has 1 saturated heterocycles. The van der Waals surface area contributed by atoms with E-state index in [4.69, 9.17) is 9.47 Å². The molecule has 5 nitrogen and oxygen atoms in total. The highest BCUT2D eigenvalue weighted by Gasteiger charge is 2.20. The molecule has 0 saturated carbocycles. The Hall–Kier alpha value is -3.15. The van der Waals surface area contributed by atoms with Gasteiger partial charge in [0.15, 0.2) is 0 Å². The normalized spacial score (nSPS) is 16.8. The molecule has 1 aliphatic rings. The maximum atomic E-state index is 11.7. The number of hydrogen-bond donors (Lipinski definition) is 1. The highest BCUT2D eigenvalue weighted by atomic mass is 16.5. The van der Waals surface area contributed by atoms with Crippen molar-refractivity contribution in [3.8, 4) is 5.75 Å². The second-order valence-corrected chi connectivity index (χ2v) is 8.44. The van der Waals surface area contributed by atoms with Crippen LogP contribution in [0.25, 0.3) is 16.8 Å². The standard InChI is InChI=1S/C28H32N2O3/c1-3-30-16-15-25(19-30)29-18-22(17-21-11-13-24(14-12-21)28(31)32-2)20-33-27-10-6-8-23-7-4-5-9-26(23)27/h4-14,17,25,29H,3,15-16,18-20H2,1-2H3/b22-17-. The molecule has 5 heteroatoms. The molecule has 1 fully saturated rings. The zero-order valence-electron chi connectivity index (χ0n) is 19.4. The molecule has 1 unspecified atom stereocenters. The highest BCUT2D eigenvalue weighted by Crippen LogP contribution is 2.25. The lowest BCUT2D eigenvalue weighted by atomic mass is 10.1. The van der Waals surface area contributed by atoms with Crippen molar-refractivity contribution in [1.29, 1.82) is 0 Å². The summed E-state index contributed by atoms with van der Waals surface area (Å²) >= 11 is 0. The zero-order chi connectivity index (χ0) is 23.0. The summed E-state index contributed by atoms with van der Waals surface area (Å²) in [6, 6.07) is 22.4. The maximum absolute atomic E-state index is 11.7. The third-order valence-corrected chi connectivity index (χ3v) is 6.20. The van der Waals surface area contributed by atoms with Gasteiger partial charge < -0.3 is 19.7 Å². The van der Waals surface area contributed by atoms with Crippen LogP contribution in [0.15, 0.2) is 72.3 Å². The van der Waals surface area contributed by atoms with E-state index in [9.17, 15) is 4.79 Å². The number of carbonyl (C=O) groups excluding carboxylic acids is 1.